The first-order valence-corrected chi connectivity index (χ1v) is 6.62. The lowest BCUT2D eigenvalue weighted by Gasteiger charge is -2.05. The van der Waals surface area contributed by atoms with E-state index in [-0.39, 0.29) is 17.3 Å². The molecule has 0 aliphatic heterocycles. The van der Waals surface area contributed by atoms with Crippen molar-refractivity contribution in [1.82, 2.24) is 4.98 Å². The molecule has 0 atom stereocenters. The van der Waals surface area contributed by atoms with Crippen molar-refractivity contribution >= 4 is 11.6 Å². The van der Waals surface area contributed by atoms with E-state index < -0.39 is 5.91 Å². The number of carbonyl (C=O) groups excluding carboxylic acids is 1. The van der Waals surface area contributed by atoms with Gasteiger partial charge in [0.05, 0.1) is 0 Å². The summed E-state index contributed by atoms with van der Waals surface area (Å²) in [7, 11) is 0. The first-order chi connectivity index (χ1) is 10.5. The van der Waals surface area contributed by atoms with Crippen molar-refractivity contribution in [2.75, 3.05) is 5.32 Å². The first-order valence-electron chi connectivity index (χ1n) is 6.62. The monoisotopic (exact) mass is 300 g/mol. The third kappa shape index (κ3) is 2.63. The second-order valence-electron chi connectivity index (χ2n) is 4.86. The minimum absolute atomic E-state index is 0.0790. The molecule has 0 fully saturated rings. The van der Waals surface area contributed by atoms with Crippen molar-refractivity contribution in [3.8, 4) is 11.5 Å². The Morgan fingerprint density at radius 1 is 1.23 bits per heavy atom. The summed E-state index contributed by atoms with van der Waals surface area (Å²) in [6.07, 6.45) is 1.16. The minimum Gasteiger partial charge on any atom is -0.458 e. The fourth-order valence-corrected chi connectivity index (χ4v) is 2.00. The highest BCUT2D eigenvalue weighted by Crippen LogP contribution is 2.26. The molecule has 0 bridgehead atoms. The van der Waals surface area contributed by atoms with Gasteiger partial charge in [0.25, 0.3) is 5.91 Å². The Kier molecular flexibility index (Phi) is 3.50. The number of furan rings is 1. The summed E-state index contributed by atoms with van der Waals surface area (Å²) in [5.74, 6) is 0.452. The number of carbonyl (C=O) groups is 1. The van der Waals surface area contributed by atoms with Crippen LogP contribution >= 0.6 is 0 Å². The number of amides is 1. The highest BCUT2D eigenvalue weighted by atomic mass is 19.1. The predicted molar refractivity (Wildman–Crippen MR) is 78.0 cm³/mol. The van der Waals surface area contributed by atoms with Crippen molar-refractivity contribution in [2.45, 2.75) is 13.8 Å². The molecule has 2 aromatic heterocycles. The third-order valence-corrected chi connectivity index (χ3v) is 3.18. The average molecular weight is 300 g/mol. The van der Waals surface area contributed by atoms with Crippen LogP contribution in [0.25, 0.3) is 11.5 Å². The number of aromatic nitrogens is 1. The molecule has 112 valence electrons. The van der Waals surface area contributed by atoms with E-state index in [1.807, 2.05) is 0 Å². The van der Waals surface area contributed by atoms with E-state index in [1.54, 1.807) is 38.1 Å². The SMILES string of the molecule is Cc1ccc(-c2ocnc2C(=O)Nc2ccc(C)c(F)c2)o1. The molecule has 0 unspecified atom stereocenters. The molecule has 1 aromatic carbocycles. The number of aryl methyl sites for hydroxylation is 2. The van der Waals surface area contributed by atoms with Gasteiger partial charge < -0.3 is 14.2 Å². The van der Waals surface area contributed by atoms with Crippen LogP contribution in [0.4, 0.5) is 10.1 Å². The third-order valence-electron chi connectivity index (χ3n) is 3.18. The summed E-state index contributed by atoms with van der Waals surface area (Å²) in [6.45, 7) is 3.44. The molecule has 22 heavy (non-hydrogen) atoms. The number of anilines is 1. The Morgan fingerprint density at radius 3 is 2.73 bits per heavy atom. The van der Waals surface area contributed by atoms with Crippen LogP contribution in [0.3, 0.4) is 0 Å². The maximum absolute atomic E-state index is 13.5. The second-order valence-corrected chi connectivity index (χ2v) is 4.86. The zero-order valence-corrected chi connectivity index (χ0v) is 12.0. The molecule has 2 heterocycles. The molecular formula is C16H13FN2O3. The largest absolute Gasteiger partial charge is 0.458 e. The molecule has 0 radical (unpaired) electrons. The van der Waals surface area contributed by atoms with E-state index in [2.05, 4.69) is 10.3 Å². The van der Waals surface area contributed by atoms with Crippen molar-refractivity contribution in [2.24, 2.45) is 0 Å². The number of nitrogens with zero attached hydrogens (tertiary/aromatic N) is 1. The molecule has 1 N–H and O–H groups in total. The van der Waals surface area contributed by atoms with Gasteiger partial charge in [0.1, 0.15) is 11.6 Å². The fraction of sp³-hybridized carbons (Fsp3) is 0.125. The summed E-state index contributed by atoms with van der Waals surface area (Å²) in [6, 6.07) is 7.91. The Balaban J connectivity index is 1.87. The minimum atomic E-state index is -0.499. The topological polar surface area (TPSA) is 68.3 Å². The smallest absolute Gasteiger partial charge is 0.278 e. The van der Waals surface area contributed by atoms with E-state index >= 15 is 0 Å². The standard InChI is InChI=1S/C16H13FN2O3/c1-9-3-5-11(7-12(9)17)19-16(20)14-15(21-8-18-14)13-6-4-10(2)22-13/h3-8H,1-2H3,(H,19,20). The van der Waals surface area contributed by atoms with Crippen LogP contribution in [-0.4, -0.2) is 10.9 Å². The van der Waals surface area contributed by atoms with Crippen LogP contribution in [0.2, 0.25) is 0 Å². The van der Waals surface area contributed by atoms with Crippen molar-refractivity contribution < 1.29 is 18.0 Å². The molecular weight excluding hydrogens is 287 g/mol. The van der Waals surface area contributed by atoms with Gasteiger partial charge in [-0.25, -0.2) is 9.37 Å². The van der Waals surface area contributed by atoms with Gasteiger partial charge >= 0.3 is 0 Å². The van der Waals surface area contributed by atoms with Crippen LogP contribution in [0.5, 0.6) is 0 Å². The lowest BCUT2D eigenvalue weighted by Crippen LogP contribution is -2.13. The van der Waals surface area contributed by atoms with Crippen LogP contribution < -0.4 is 5.32 Å². The number of oxazole rings is 1. The molecule has 0 aliphatic carbocycles. The van der Waals surface area contributed by atoms with Gasteiger partial charge in [-0.15, -0.1) is 0 Å². The zero-order chi connectivity index (χ0) is 15.7. The van der Waals surface area contributed by atoms with Gasteiger partial charge in [0, 0.05) is 5.69 Å². The lowest BCUT2D eigenvalue weighted by molar-refractivity contribution is 0.102. The summed E-state index contributed by atoms with van der Waals surface area (Å²) in [4.78, 5) is 16.2. The number of benzene rings is 1. The number of hydrogen-bond donors (Lipinski definition) is 1. The van der Waals surface area contributed by atoms with Gasteiger partial charge in [-0.3, -0.25) is 4.79 Å². The Morgan fingerprint density at radius 2 is 2.05 bits per heavy atom. The first kappa shape index (κ1) is 14.1. The van der Waals surface area contributed by atoms with Gasteiger partial charge in [-0.1, -0.05) is 6.07 Å². The maximum Gasteiger partial charge on any atom is 0.278 e. The van der Waals surface area contributed by atoms with E-state index in [0.717, 1.165) is 6.39 Å². The van der Waals surface area contributed by atoms with Crippen LogP contribution in [0, 0.1) is 19.7 Å². The average Bonchev–Trinajstić information content (AvgIpc) is 3.11. The normalized spacial score (nSPS) is 10.7. The van der Waals surface area contributed by atoms with Crippen molar-refractivity contribution in [3.05, 3.63) is 59.6 Å². The molecule has 0 saturated carbocycles. The molecule has 1 amide bonds. The predicted octanol–water partition coefficient (Wildman–Crippen LogP) is 3.94. The molecule has 5 nitrogen and oxygen atoms in total. The molecule has 0 spiro atoms. The number of nitrogens with one attached hydrogen (secondary N) is 1. The quantitative estimate of drug-likeness (QED) is 0.795. The van der Waals surface area contributed by atoms with Crippen LogP contribution in [0.1, 0.15) is 21.8 Å². The zero-order valence-electron chi connectivity index (χ0n) is 12.0. The van der Waals surface area contributed by atoms with E-state index in [4.69, 9.17) is 8.83 Å². The van der Waals surface area contributed by atoms with Gasteiger partial charge in [-0.2, -0.15) is 0 Å². The van der Waals surface area contributed by atoms with E-state index in [1.165, 1.54) is 6.07 Å². The summed E-state index contributed by atoms with van der Waals surface area (Å²) in [5.41, 5.74) is 0.930. The van der Waals surface area contributed by atoms with Gasteiger partial charge in [0.15, 0.2) is 17.8 Å². The summed E-state index contributed by atoms with van der Waals surface area (Å²) in [5, 5.41) is 2.59. The van der Waals surface area contributed by atoms with Crippen molar-refractivity contribution in [1.29, 1.82) is 0 Å². The van der Waals surface area contributed by atoms with Gasteiger partial charge in [0.2, 0.25) is 5.76 Å². The van der Waals surface area contributed by atoms with Crippen molar-refractivity contribution in [3.63, 3.8) is 0 Å². The molecule has 3 aromatic rings. The van der Waals surface area contributed by atoms with E-state index in [9.17, 15) is 9.18 Å². The second kappa shape index (κ2) is 5.48. The summed E-state index contributed by atoms with van der Waals surface area (Å²) >= 11 is 0. The highest BCUT2D eigenvalue weighted by Gasteiger charge is 2.21. The Labute approximate surface area is 125 Å². The summed E-state index contributed by atoms with van der Waals surface area (Å²) < 4.78 is 24.2. The Bertz CT molecular complexity index is 836. The van der Waals surface area contributed by atoms with Crippen LogP contribution in [-0.2, 0) is 0 Å². The fourth-order valence-electron chi connectivity index (χ4n) is 2.00. The molecule has 6 heteroatoms. The highest BCUT2D eigenvalue weighted by molar-refractivity contribution is 6.06. The Hall–Kier alpha value is -2.89. The number of rotatable bonds is 3. The van der Waals surface area contributed by atoms with Gasteiger partial charge in [-0.05, 0) is 43.7 Å². The number of halogens is 1. The molecule has 0 aliphatic rings. The number of hydrogen-bond acceptors (Lipinski definition) is 4. The maximum atomic E-state index is 13.5. The molecule has 3 rings (SSSR count). The molecule has 0 saturated heterocycles. The van der Waals surface area contributed by atoms with E-state index in [0.29, 0.717) is 22.8 Å². The lowest BCUT2D eigenvalue weighted by atomic mass is 10.2. The van der Waals surface area contributed by atoms with Crippen LogP contribution in [0.15, 0.2) is 45.6 Å².